The highest BCUT2D eigenvalue weighted by molar-refractivity contribution is 5.85. The van der Waals surface area contributed by atoms with Gasteiger partial charge >= 0.3 is 0 Å². The molecular weight excluding hydrogens is 364 g/mol. The van der Waals surface area contributed by atoms with Gasteiger partial charge in [-0.2, -0.15) is 5.10 Å². The summed E-state index contributed by atoms with van der Waals surface area (Å²) in [7, 11) is 1.87. The molecule has 0 unspecified atom stereocenters. The van der Waals surface area contributed by atoms with Crippen molar-refractivity contribution in [3.05, 3.63) is 53.3 Å². The van der Waals surface area contributed by atoms with Crippen molar-refractivity contribution in [2.75, 3.05) is 20.1 Å². The minimum atomic E-state index is -0.200. The molecule has 1 aliphatic heterocycles. The van der Waals surface area contributed by atoms with Gasteiger partial charge in [0.25, 0.3) is 0 Å². The van der Waals surface area contributed by atoms with Gasteiger partial charge in [0.2, 0.25) is 11.8 Å². The Morgan fingerprint density at radius 1 is 1.24 bits per heavy atom. The van der Waals surface area contributed by atoms with Gasteiger partial charge in [0.05, 0.1) is 17.7 Å². The molecule has 0 radical (unpaired) electrons. The number of likely N-dealkylation sites (tertiary alicyclic amines) is 1. The number of benzene rings is 1. The Morgan fingerprint density at radius 2 is 1.97 bits per heavy atom. The van der Waals surface area contributed by atoms with E-state index in [0.717, 1.165) is 29.9 Å². The third kappa shape index (κ3) is 4.69. The lowest BCUT2D eigenvalue weighted by atomic mass is 9.83. The lowest BCUT2D eigenvalue weighted by Gasteiger charge is -2.41. The van der Waals surface area contributed by atoms with Crippen LogP contribution in [0.25, 0.3) is 0 Å². The number of aromatic nitrogens is 2. The minimum Gasteiger partial charge on any atom is -0.345 e. The molecule has 1 aliphatic rings. The van der Waals surface area contributed by atoms with Crippen LogP contribution in [0.5, 0.6) is 0 Å². The topological polar surface area (TPSA) is 58.4 Å². The molecule has 3 rings (SSSR count). The Hall–Kier alpha value is -2.63. The number of carbonyl (C=O) groups excluding carboxylic acids is 2. The van der Waals surface area contributed by atoms with Gasteiger partial charge in [-0.15, -0.1) is 0 Å². The number of aryl methyl sites for hydroxylation is 3. The molecule has 6 nitrogen and oxygen atoms in total. The molecular formula is C23H32N4O2. The van der Waals surface area contributed by atoms with Gasteiger partial charge in [0.1, 0.15) is 0 Å². The highest BCUT2D eigenvalue weighted by Gasteiger charge is 2.40. The molecule has 1 saturated heterocycles. The SMILES string of the molecule is CCN1C(=O)CC[C@@H](C(=O)N(C)CCCn2nc(C)cc2C)[C@@H]1c1ccccc1. The van der Waals surface area contributed by atoms with Crippen LogP contribution in [0.4, 0.5) is 0 Å². The summed E-state index contributed by atoms with van der Waals surface area (Å²) < 4.78 is 2.00. The standard InChI is InChI=1S/C23H32N4O2/c1-5-26-21(28)13-12-20(22(26)19-10-7-6-8-11-19)23(29)25(4)14-9-15-27-18(3)16-17(2)24-27/h6-8,10-11,16,20,22H,5,9,12-15H2,1-4H3/t20-,22+/m1/s1. The summed E-state index contributed by atoms with van der Waals surface area (Å²) in [6.45, 7) is 8.12. The molecule has 1 fully saturated rings. The quantitative estimate of drug-likeness (QED) is 0.721. The van der Waals surface area contributed by atoms with Gasteiger partial charge < -0.3 is 9.80 Å². The number of hydrogen-bond donors (Lipinski definition) is 0. The average Bonchev–Trinajstić information content (AvgIpc) is 3.04. The minimum absolute atomic E-state index is 0.123. The van der Waals surface area contributed by atoms with Gasteiger partial charge in [-0.25, -0.2) is 0 Å². The van der Waals surface area contributed by atoms with E-state index < -0.39 is 0 Å². The second-order valence-corrected chi connectivity index (χ2v) is 7.94. The van der Waals surface area contributed by atoms with Crippen LogP contribution in [0.2, 0.25) is 0 Å². The molecule has 2 atom stereocenters. The lowest BCUT2D eigenvalue weighted by Crippen LogP contribution is -2.48. The first kappa shape index (κ1) is 21.1. The van der Waals surface area contributed by atoms with Crippen LogP contribution < -0.4 is 0 Å². The number of nitrogens with zero attached hydrogens (tertiary/aromatic N) is 4. The van der Waals surface area contributed by atoms with Gasteiger partial charge in [0.15, 0.2) is 0 Å². The predicted octanol–water partition coefficient (Wildman–Crippen LogP) is 3.35. The maximum atomic E-state index is 13.3. The summed E-state index contributed by atoms with van der Waals surface area (Å²) in [5.41, 5.74) is 3.20. The van der Waals surface area contributed by atoms with Crippen molar-refractivity contribution in [2.45, 2.75) is 52.6 Å². The molecule has 2 aromatic rings. The zero-order valence-corrected chi connectivity index (χ0v) is 18.0. The van der Waals surface area contributed by atoms with Crippen LogP contribution in [-0.2, 0) is 16.1 Å². The highest BCUT2D eigenvalue weighted by Crippen LogP contribution is 2.37. The fourth-order valence-corrected chi connectivity index (χ4v) is 4.40. The fraction of sp³-hybridized carbons (Fsp3) is 0.522. The first-order valence-corrected chi connectivity index (χ1v) is 10.5. The van der Waals surface area contributed by atoms with Crippen molar-refractivity contribution < 1.29 is 9.59 Å². The summed E-state index contributed by atoms with van der Waals surface area (Å²) in [6.07, 6.45) is 1.89. The molecule has 2 heterocycles. The summed E-state index contributed by atoms with van der Waals surface area (Å²) in [4.78, 5) is 29.5. The van der Waals surface area contributed by atoms with Gasteiger partial charge in [-0.1, -0.05) is 30.3 Å². The Bertz CT molecular complexity index is 846. The number of amides is 2. The molecule has 29 heavy (non-hydrogen) atoms. The van der Waals surface area contributed by atoms with Crippen LogP contribution in [0.1, 0.15) is 49.2 Å². The van der Waals surface area contributed by atoms with Crippen LogP contribution >= 0.6 is 0 Å². The maximum Gasteiger partial charge on any atom is 0.227 e. The van der Waals surface area contributed by atoms with E-state index in [-0.39, 0.29) is 23.8 Å². The Morgan fingerprint density at radius 3 is 2.59 bits per heavy atom. The molecule has 0 N–H and O–H groups in total. The van der Waals surface area contributed by atoms with Crippen LogP contribution in [0.3, 0.4) is 0 Å². The van der Waals surface area contributed by atoms with Crippen molar-refractivity contribution >= 4 is 11.8 Å². The van der Waals surface area contributed by atoms with E-state index in [2.05, 4.69) is 18.1 Å². The van der Waals surface area contributed by atoms with Crippen LogP contribution in [0, 0.1) is 19.8 Å². The molecule has 6 heteroatoms. The van der Waals surface area contributed by atoms with Crippen molar-refractivity contribution in [1.82, 2.24) is 19.6 Å². The van der Waals surface area contributed by atoms with E-state index in [4.69, 9.17) is 0 Å². The zero-order valence-electron chi connectivity index (χ0n) is 18.0. The Balaban J connectivity index is 1.69. The largest absolute Gasteiger partial charge is 0.345 e. The van der Waals surface area contributed by atoms with Gasteiger partial charge in [-0.05, 0) is 45.2 Å². The summed E-state index contributed by atoms with van der Waals surface area (Å²) in [5.74, 6) is 0.0597. The van der Waals surface area contributed by atoms with E-state index in [1.807, 2.05) is 65.7 Å². The van der Waals surface area contributed by atoms with E-state index in [9.17, 15) is 9.59 Å². The fourth-order valence-electron chi connectivity index (χ4n) is 4.40. The second-order valence-electron chi connectivity index (χ2n) is 7.94. The Kier molecular flexibility index (Phi) is 6.72. The van der Waals surface area contributed by atoms with E-state index in [1.54, 1.807) is 0 Å². The number of rotatable bonds is 7. The first-order chi connectivity index (χ1) is 13.9. The van der Waals surface area contributed by atoms with Crippen molar-refractivity contribution in [1.29, 1.82) is 0 Å². The van der Waals surface area contributed by atoms with E-state index in [0.29, 0.717) is 25.9 Å². The monoisotopic (exact) mass is 396 g/mol. The summed E-state index contributed by atoms with van der Waals surface area (Å²) >= 11 is 0. The third-order valence-electron chi connectivity index (χ3n) is 5.85. The zero-order chi connectivity index (χ0) is 21.0. The number of carbonyl (C=O) groups is 2. The van der Waals surface area contributed by atoms with E-state index >= 15 is 0 Å². The molecule has 1 aromatic heterocycles. The number of piperidine rings is 1. The molecule has 2 amide bonds. The molecule has 0 aliphatic carbocycles. The number of hydrogen-bond acceptors (Lipinski definition) is 3. The highest BCUT2D eigenvalue weighted by atomic mass is 16.2. The van der Waals surface area contributed by atoms with Crippen LogP contribution in [0.15, 0.2) is 36.4 Å². The second kappa shape index (κ2) is 9.25. The smallest absolute Gasteiger partial charge is 0.227 e. The lowest BCUT2D eigenvalue weighted by molar-refractivity contribution is -0.147. The van der Waals surface area contributed by atoms with Crippen molar-refractivity contribution in [2.24, 2.45) is 5.92 Å². The van der Waals surface area contributed by atoms with Gasteiger partial charge in [0, 0.05) is 38.8 Å². The molecule has 156 valence electrons. The van der Waals surface area contributed by atoms with E-state index in [1.165, 1.54) is 0 Å². The van der Waals surface area contributed by atoms with Crippen molar-refractivity contribution in [3.63, 3.8) is 0 Å². The van der Waals surface area contributed by atoms with Crippen LogP contribution in [-0.4, -0.2) is 51.5 Å². The maximum absolute atomic E-state index is 13.3. The summed E-state index contributed by atoms with van der Waals surface area (Å²) in [6, 6.07) is 11.8. The summed E-state index contributed by atoms with van der Waals surface area (Å²) in [5, 5.41) is 4.49. The molecule has 0 spiro atoms. The molecule has 1 aromatic carbocycles. The molecule has 0 saturated carbocycles. The average molecular weight is 397 g/mol. The Labute approximate surface area is 173 Å². The first-order valence-electron chi connectivity index (χ1n) is 10.5. The third-order valence-corrected chi connectivity index (χ3v) is 5.85. The predicted molar refractivity (Wildman–Crippen MR) is 113 cm³/mol. The molecule has 0 bridgehead atoms. The van der Waals surface area contributed by atoms with Crippen molar-refractivity contribution in [3.8, 4) is 0 Å². The van der Waals surface area contributed by atoms with Gasteiger partial charge in [-0.3, -0.25) is 14.3 Å². The normalized spacial score (nSPS) is 19.4.